The predicted octanol–water partition coefficient (Wildman–Crippen LogP) is 2.63. The van der Waals surface area contributed by atoms with E-state index in [0.29, 0.717) is 22.9 Å². The van der Waals surface area contributed by atoms with Crippen molar-refractivity contribution in [3.8, 4) is 22.1 Å². The minimum Gasteiger partial charge on any atom is -0.497 e. The Kier molecular flexibility index (Phi) is 5.33. The number of amides is 1. The van der Waals surface area contributed by atoms with E-state index in [9.17, 15) is 9.59 Å². The molecular weight excluding hydrogens is 354 g/mol. The number of ether oxygens (including phenoxy) is 2. The number of anilines is 1. The second-order valence-electron chi connectivity index (χ2n) is 5.34. The van der Waals surface area contributed by atoms with E-state index in [2.05, 4.69) is 10.4 Å². The summed E-state index contributed by atoms with van der Waals surface area (Å²) in [5.41, 5.74) is 0.813. The molecule has 1 aromatic carbocycles. The lowest BCUT2D eigenvalue weighted by Gasteiger charge is -2.10. The molecule has 0 spiro atoms. The molecule has 7 nitrogen and oxygen atoms in total. The van der Waals surface area contributed by atoms with E-state index in [1.807, 2.05) is 17.5 Å². The molecule has 0 aliphatic rings. The van der Waals surface area contributed by atoms with Crippen molar-refractivity contribution >= 4 is 22.9 Å². The van der Waals surface area contributed by atoms with Crippen molar-refractivity contribution in [2.24, 2.45) is 0 Å². The fourth-order valence-electron chi connectivity index (χ4n) is 2.33. The molecule has 0 fully saturated rings. The van der Waals surface area contributed by atoms with Crippen LogP contribution in [0.25, 0.3) is 10.6 Å². The first-order chi connectivity index (χ1) is 12.6. The highest BCUT2D eigenvalue weighted by Gasteiger charge is 2.10. The molecule has 2 aromatic heterocycles. The van der Waals surface area contributed by atoms with Crippen molar-refractivity contribution in [1.82, 2.24) is 9.78 Å². The van der Waals surface area contributed by atoms with Gasteiger partial charge in [0.05, 0.1) is 19.1 Å². The summed E-state index contributed by atoms with van der Waals surface area (Å²) < 4.78 is 11.5. The SMILES string of the molecule is COc1cc(NC(=O)Cn2nc(-c3cccs3)ccc2=O)cc(OC)c1. The number of methoxy groups -OCH3 is 2. The molecule has 0 saturated carbocycles. The topological polar surface area (TPSA) is 82.5 Å². The summed E-state index contributed by atoms with van der Waals surface area (Å²) in [4.78, 5) is 25.3. The van der Waals surface area contributed by atoms with E-state index in [1.54, 1.807) is 24.3 Å². The summed E-state index contributed by atoms with van der Waals surface area (Å²) in [6, 6.07) is 11.9. The second-order valence-corrected chi connectivity index (χ2v) is 6.29. The molecule has 26 heavy (non-hydrogen) atoms. The maximum Gasteiger partial charge on any atom is 0.267 e. The third-order valence-electron chi connectivity index (χ3n) is 3.57. The van der Waals surface area contributed by atoms with Crippen molar-refractivity contribution in [2.45, 2.75) is 6.54 Å². The monoisotopic (exact) mass is 371 g/mol. The molecule has 3 rings (SSSR count). The zero-order chi connectivity index (χ0) is 18.5. The van der Waals surface area contributed by atoms with Crippen molar-refractivity contribution in [2.75, 3.05) is 19.5 Å². The second kappa shape index (κ2) is 7.83. The molecule has 0 unspecified atom stereocenters. The number of aromatic nitrogens is 2. The standard InChI is InChI=1S/C18H17N3O4S/c1-24-13-8-12(9-14(10-13)25-2)19-17(22)11-21-18(23)6-5-15(20-21)16-4-3-7-26-16/h3-10H,11H2,1-2H3,(H,19,22). The summed E-state index contributed by atoms with van der Waals surface area (Å²) in [6.45, 7) is -0.197. The Morgan fingerprint density at radius 3 is 2.50 bits per heavy atom. The number of carbonyl (C=O) groups excluding carboxylic acids is 1. The van der Waals surface area contributed by atoms with E-state index >= 15 is 0 Å². The molecule has 0 aliphatic heterocycles. The number of benzene rings is 1. The number of rotatable bonds is 6. The van der Waals surface area contributed by atoms with Gasteiger partial charge in [-0.3, -0.25) is 9.59 Å². The first-order valence-corrected chi connectivity index (χ1v) is 8.62. The largest absolute Gasteiger partial charge is 0.497 e. The minimum atomic E-state index is -0.377. The van der Waals surface area contributed by atoms with Gasteiger partial charge in [-0.25, -0.2) is 4.68 Å². The Balaban J connectivity index is 1.78. The molecule has 8 heteroatoms. The van der Waals surface area contributed by atoms with Gasteiger partial charge >= 0.3 is 0 Å². The molecule has 0 saturated heterocycles. The van der Waals surface area contributed by atoms with Crippen LogP contribution in [0.5, 0.6) is 11.5 Å². The van der Waals surface area contributed by atoms with Gasteiger partial charge in [-0.2, -0.15) is 5.10 Å². The Hall–Kier alpha value is -3.13. The maximum atomic E-state index is 12.3. The van der Waals surface area contributed by atoms with Crippen molar-refractivity contribution < 1.29 is 14.3 Å². The first kappa shape index (κ1) is 17.7. The molecule has 0 bridgehead atoms. The van der Waals surface area contributed by atoms with Gasteiger partial charge in [0, 0.05) is 30.0 Å². The average molecular weight is 371 g/mol. The minimum absolute atomic E-state index is 0.197. The van der Waals surface area contributed by atoms with E-state index in [-0.39, 0.29) is 18.0 Å². The lowest BCUT2D eigenvalue weighted by atomic mass is 10.2. The highest BCUT2D eigenvalue weighted by molar-refractivity contribution is 7.13. The highest BCUT2D eigenvalue weighted by atomic mass is 32.1. The average Bonchev–Trinajstić information content (AvgIpc) is 3.17. The van der Waals surface area contributed by atoms with Crippen molar-refractivity contribution in [3.63, 3.8) is 0 Å². The summed E-state index contributed by atoms with van der Waals surface area (Å²) >= 11 is 1.51. The molecule has 0 radical (unpaired) electrons. The highest BCUT2D eigenvalue weighted by Crippen LogP contribution is 2.25. The molecule has 134 valence electrons. The number of thiophene rings is 1. The van der Waals surface area contributed by atoms with E-state index in [4.69, 9.17) is 9.47 Å². The zero-order valence-corrected chi connectivity index (χ0v) is 15.1. The maximum absolute atomic E-state index is 12.3. The Labute approximate surface area is 153 Å². The van der Waals surface area contributed by atoms with Crippen LogP contribution in [0.15, 0.2) is 52.6 Å². The molecule has 1 amide bonds. The van der Waals surface area contributed by atoms with Crippen LogP contribution in [0.2, 0.25) is 0 Å². The number of nitrogens with one attached hydrogen (secondary N) is 1. The quantitative estimate of drug-likeness (QED) is 0.720. The molecule has 0 atom stereocenters. The van der Waals surface area contributed by atoms with Crippen LogP contribution in [0.4, 0.5) is 5.69 Å². The van der Waals surface area contributed by atoms with Gasteiger partial charge < -0.3 is 14.8 Å². The van der Waals surface area contributed by atoms with Gasteiger partial charge in [0.25, 0.3) is 5.56 Å². The van der Waals surface area contributed by atoms with Crippen LogP contribution in [0.1, 0.15) is 0 Å². The number of hydrogen-bond acceptors (Lipinski definition) is 6. The zero-order valence-electron chi connectivity index (χ0n) is 14.3. The number of nitrogens with zero attached hydrogens (tertiary/aromatic N) is 2. The van der Waals surface area contributed by atoms with Crippen molar-refractivity contribution in [1.29, 1.82) is 0 Å². The Bertz CT molecular complexity index is 945. The van der Waals surface area contributed by atoms with Gasteiger partial charge in [0.2, 0.25) is 5.91 Å². The van der Waals surface area contributed by atoms with Crippen LogP contribution in [-0.2, 0) is 11.3 Å². The van der Waals surface area contributed by atoms with E-state index in [1.165, 1.54) is 31.6 Å². The van der Waals surface area contributed by atoms with Crippen LogP contribution in [0, 0.1) is 0 Å². The fourth-order valence-corrected chi connectivity index (χ4v) is 3.02. The van der Waals surface area contributed by atoms with Gasteiger partial charge in [-0.1, -0.05) is 6.07 Å². The predicted molar refractivity (Wildman–Crippen MR) is 100.0 cm³/mol. The summed E-state index contributed by atoms with van der Waals surface area (Å²) in [5, 5.41) is 8.92. The van der Waals surface area contributed by atoms with E-state index < -0.39 is 0 Å². The van der Waals surface area contributed by atoms with Crippen LogP contribution < -0.4 is 20.3 Å². The Morgan fingerprint density at radius 1 is 1.15 bits per heavy atom. The summed E-state index contributed by atoms with van der Waals surface area (Å²) in [6.07, 6.45) is 0. The van der Waals surface area contributed by atoms with Crippen LogP contribution in [-0.4, -0.2) is 29.9 Å². The third kappa shape index (κ3) is 4.09. The first-order valence-electron chi connectivity index (χ1n) is 7.74. The lowest BCUT2D eigenvalue weighted by molar-refractivity contribution is -0.117. The molecule has 2 heterocycles. The van der Waals surface area contributed by atoms with Crippen LogP contribution in [0.3, 0.4) is 0 Å². The number of carbonyl (C=O) groups is 1. The van der Waals surface area contributed by atoms with E-state index in [0.717, 1.165) is 9.56 Å². The third-order valence-corrected chi connectivity index (χ3v) is 4.46. The smallest absolute Gasteiger partial charge is 0.267 e. The van der Waals surface area contributed by atoms with Gasteiger partial charge in [-0.05, 0) is 17.5 Å². The summed E-state index contributed by atoms with van der Waals surface area (Å²) in [5.74, 6) is 0.725. The van der Waals surface area contributed by atoms with Crippen LogP contribution >= 0.6 is 11.3 Å². The number of hydrogen-bond donors (Lipinski definition) is 1. The van der Waals surface area contributed by atoms with Crippen molar-refractivity contribution in [3.05, 3.63) is 58.2 Å². The molecule has 1 N–H and O–H groups in total. The molecular formula is C18H17N3O4S. The normalized spacial score (nSPS) is 10.4. The molecule has 3 aromatic rings. The van der Waals surface area contributed by atoms with Gasteiger partial charge in [0.1, 0.15) is 23.7 Å². The van der Waals surface area contributed by atoms with Gasteiger partial charge in [0.15, 0.2) is 0 Å². The summed E-state index contributed by atoms with van der Waals surface area (Å²) in [7, 11) is 3.06. The lowest BCUT2D eigenvalue weighted by Crippen LogP contribution is -2.29. The molecule has 0 aliphatic carbocycles. The Morgan fingerprint density at radius 2 is 1.88 bits per heavy atom. The fraction of sp³-hybridized carbons (Fsp3) is 0.167. The van der Waals surface area contributed by atoms with Gasteiger partial charge in [-0.15, -0.1) is 11.3 Å².